The highest BCUT2D eigenvalue weighted by Gasteiger charge is 2.21. The summed E-state index contributed by atoms with van der Waals surface area (Å²) in [5.41, 5.74) is 1.97. The predicted octanol–water partition coefficient (Wildman–Crippen LogP) is 0.930. The lowest BCUT2D eigenvalue weighted by atomic mass is 9.98. The van der Waals surface area contributed by atoms with Crippen LogP contribution in [0.2, 0.25) is 0 Å². The smallest absolute Gasteiger partial charge is 0.408 e. The highest BCUT2D eigenvalue weighted by atomic mass is 16.6. The van der Waals surface area contributed by atoms with E-state index in [9.17, 15) is 24.3 Å². The molecule has 0 bridgehead atoms. The van der Waals surface area contributed by atoms with Crippen LogP contribution in [0.25, 0.3) is 11.3 Å². The fourth-order valence-corrected chi connectivity index (χ4v) is 3.64. The summed E-state index contributed by atoms with van der Waals surface area (Å²) >= 11 is 0. The molecule has 1 aromatic heterocycles. The Labute approximate surface area is 234 Å². The molecule has 2 rings (SSSR count). The maximum Gasteiger partial charge on any atom is 0.408 e. The Morgan fingerprint density at radius 1 is 0.925 bits per heavy atom. The SMILES string of the molecule is COCC(=O)NCC(=O)NCC(O)CC(Cc1ccc(-c2ccccn2)cc1)NC(=O)CNC(=O)OC(C)(C)C. The highest BCUT2D eigenvalue weighted by molar-refractivity contribution is 5.85. The van der Waals surface area contributed by atoms with Crippen LogP contribution in [0.4, 0.5) is 4.79 Å². The molecule has 0 radical (unpaired) electrons. The summed E-state index contributed by atoms with van der Waals surface area (Å²) in [6.07, 6.45) is 0.517. The van der Waals surface area contributed by atoms with Gasteiger partial charge in [-0.3, -0.25) is 19.4 Å². The molecule has 2 aromatic rings. The minimum atomic E-state index is -0.990. The molecule has 0 fully saturated rings. The molecule has 0 spiro atoms. The van der Waals surface area contributed by atoms with E-state index in [0.717, 1.165) is 16.8 Å². The lowest BCUT2D eigenvalue weighted by Gasteiger charge is -2.23. The van der Waals surface area contributed by atoms with Crippen molar-refractivity contribution in [2.24, 2.45) is 0 Å². The van der Waals surface area contributed by atoms with Crippen LogP contribution in [0.15, 0.2) is 48.7 Å². The minimum Gasteiger partial charge on any atom is -0.444 e. The molecule has 0 aliphatic rings. The molecule has 12 heteroatoms. The van der Waals surface area contributed by atoms with Crippen LogP contribution < -0.4 is 21.3 Å². The van der Waals surface area contributed by atoms with Gasteiger partial charge in [0.25, 0.3) is 0 Å². The van der Waals surface area contributed by atoms with Crippen molar-refractivity contribution in [3.8, 4) is 11.3 Å². The maximum absolute atomic E-state index is 12.6. The normalized spacial score (nSPS) is 12.5. The van der Waals surface area contributed by atoms with E-state index >= 15 is 0 Å². The first kappa shape index (κ1) is 32.2. The summed E-state index contributed by atoms with van der Waals surface area (Å²) in [6.45, 7) is 4.34. The Morgan fingerprint density at radius 3 is 2.25 bits per heavy atom. The van der Waals surface area contributed by atoms with Crippen molar-refractivity contribution in [1.29, 1.82) is 0 Å². The average Bonchev–Trinajstić information content (AvgIpc) is 2.89. The number of hydrogen-bond donors (Lipinski definition) is 5. The zero-order valence-corrected chi connectivity index (χ0v) is 23.4. The quantitative estimate of drug-likeness (QED) is 0.229. The third kappa shape index (κ3) is 13.2. The van der Waals surface area contributed by atoms with E-state index in [4.69, 9.17) is 4.74 Å². The summed E-state index contributed by atoms with van der Waals surface area (Å²) < 4.78 is 9.84. The second-order valence-corrected chi connectivity index (χ2v) is 10.1. The zero-order chi connectivity index (χ0) is 29.5. The average molecular weight is 558 g/mol. The van der Waals surface area contributed by atoms with Crippen LogP contribution in [-0.4, -0.2) is 85.0 Å². The van der Waals surface area contributed by atoms with Crippen molar-refractivity contribution in [1.82, 2.24) is 26.3 Å². The lowest BCUT2D eigenvalue weighted by Crippen LogP contribution is -2.46. The molecule has 40 heavy (non-hydrogen) atoms. The van der Waals surface area contributed by atoms with Gasteiger partial charge in [-0.05, 0) is 51.3 Å². The number of amides is 4. The van der Waals surface area contributed by atoms with Gasteiger partial charge in [-0.2, -0.15) is 0 Å². The van der Waals surface area contributed by atoms with Crippen LogP contribution in [0.5, 0.6) is 0 Å². The van der Waals surface area contributed by atoms with Crippen LogP contribution in [0, 0.1) is 0 Å². The molecule has 0 saturated carbocycles. The summed E-state index contributed by atoms with van der Waals surface area (Å²) in [6, 6.07) is 12.8. The number of carbonyl (C=O) groups is 4. The van der Waals surface area contributed by atoms with Crippen molar-refractivity contribution >= 4 is 23.8 Å². The Morgan fingerprint density at radius 2 is 1.62 bits per heavy atom. The molecule has 12 nitrogen and oxygen atoms in total. The number of benzene rings is 1. The van der Waals surface area contributed by atoms with Gasteiger partial charge in [0.2, 0.25) is 17.7 Å². The van der Waals surface area contributed by atoms with Gasteiger partial charge in [0.1, 0.15) is 18.8 Å². The van der Waals surface area contributed by atoms with Crippen LogP contribution in [-0.2, 0) is 30.3 Å². The molecule has 4 amide bonds. The number of ether oxygens (including phenoxy) is 2. The van der Waals surface area contributed by atoms with Crippen molar-refractivity contribution in [2.45, 2.75) is 51.4 Å². The number of alkyl carbamates (subject to hydrolysis) is 1. The standard InChI is InChI=1S/C28H39N5O7/c1-28(2,3)40-27(38)32-17-25(36)33-21(14-22(34)15-30-24(35)16-31-26(37)18-39-4)13-19-8-10-20(11-9-19)23-7-5-6-12-29-23/h5-12,21-22,34H,13-18H2,1-4H3,(H,30,35)(H,31,37)(H,32,38)(H,33,36). The number of rotatable bonds is 14. The largest absolute Gasteiger partial charge is 0.444 e. The second kappa shape index (κ2) is 16.2. The van der Waals surface area contributed by atoms with Crippen molar-refractivity contribution in [3.63, 3.8) is 0 Å². The van der Waals surface area contributed by atoms with Crippen LogP contribution >= 0.6 is 0 Å². The van der Waals surface area contributed by atoms with E-state index in [1.54, 1.807) is 27.0 Å². The van der Waals surface area contributed by atoms with Crippen LogP contribution in [0.1, 0.15) is 32.8 Å². The Hall–Kier alpha value is -4.03. The summed E-state index contributed by atoms with van der Waals surface area (Å²) in [7, 11) is 1.37. The van der Waals surface area contributed by atoms with Crippen molar-refractivity contribution in [2.75, 3.05) is 33.4 Å². The Kier molecular flexibility index (Phi) is 13.0. The molecule has 0 aliphatic heterocycles. The molecule has 0 saturated heterocycles. The predicted molar refractivity (Wildman–Crippen MR) is 148 cm³/mol. The number of aliphatic hydroxyl groups is 1. The zero-order valence-electron chi connectivity index (χ0n) is 23.4. The van der Waals surface area contributed by atoms with E-state index in [2.05, 4.69) is 31.0 Å². The number of nitrogens with one attached hydrogen (secondary N) is 4. The molecule has 218 valence electrons. The molecule has 2 atom stereocenters. The number of hydrogen-bond acceptors (Lipinski definition) is 8. The fourth-order valence-electron chi connectivity index (χ4n) is 3.64. The second-order valence-electron chi connectivity index (χ2n) is 10.1. The van der Waals surface area contributed by atoms with Gasteiger partial charge in [-0.25, -0.2) is 4.79 Å². The molecule has 0 aliphatic carbocycles. The summed E-state index contributed by atoms with van der Waals surface area (Å²) in [5, 5.41) is 20.8. The van der Waals surface area contributed by atoms with Crippen molar-refractivity contribution in [3.05, 3.63) is 54.2 Å². The maximum atomic E-state index is 12.6. The number of aromatic nitrogens is 1. The third-order valence-corrected chi connectivity index (χ3v) is 5.37. The van der Waals surface area contributed by atoms with E-state index in [0.29, 0.717) is 6.42 Å². The van der Waals surface area contributed by atoms with Gasteiger partial charge in [-0.15, -0.1) is 0 Å². The fraction of sp³-hybridized carbons (Fsp3) is 0.464. The molecule has 1 aromatic carbocycles. The molecule has 1 heterocycles. The molecular weight excluding hydrogens is 518 g/mol. The number of pyridine rings is 1. The first-order valence-electron chi connectivity index (χ1n) is 12.9. The Balaban J connectivity index is 1.98. The lowest BCUT2D eigenvalue weighted by molar-refractivity contribution is -0.128. The third-order valence-electron chi connectivity index (χ3n) is 5.37. The first-order chi connectivity index (χ1) is 18.9. The van der Waals surface area contributed by atoms with Gasteiger partial charge in [0.15, 0.2) is 0 Å². The van der Waals surface area contributed by atoms with Gasteiger partial charge < -0.3 is 35.8 Å². The van der Waals surface area contributed by atoms with Gasteiger partial charge >= 0.3 is 6.09 Å². The molecule has 2 unspecified atom stereocenters. The topological polar surface area (TPSA) is 168 Å². The first-order valence-corrected chi connectivity index (χ1v) is 12.9. The van der Waals surface area contributed by atoms with E-state index in [1.807, 2.05) is 42.5 Å². The van der Waals surface area contributed by atoms with Gasteiger partial charge in [0, 0.05) is 31.5 Å². The van der Waals surface area contributed by atoms with E-state index < -0.39 is 41.6 Å². The van der Waals surface area contributed by atoms with Gasteiger partial charge in [0.05, 0.1) is 18.3 Å². The molecule has 5 N–H and O–H groups in total. The van der Waals surface area contributed by atoms with Crippen molar-refractivity contribution < 1.29 is 33.8 Å². The number of nitrogens with zero attached hydrogens (tertiary/aromatic N) is 1. The van der Waals surface area contributed by atoms with E-state index in [-0.39, 0.29) is 32.7 Å². The monoisotopic (exact) mass is 557 g/mol. The highest BCUT2D eigenvalue weighted by Crippen LogP contribution is 2.18. The summed E-state index contributed by atoms with van der Waals surface area (Å²) in [4.78, 5) is 52.3. The van der Waals surface area contributed by atoms with Crippen LogP contribution in [0.3, 0.4) is 0 Å². The molecular formula is C28H39N5O7. The minimum absolute atomic E-state index is 0.0832. The Bertz CT molecular complexity index is 1100. The summed E-state index contributed by atoms with van der Waals surface area (Å²) in [5.74, 6) is -1.37. The van der Waals surface area contributed by atoms with E-state index in [1.165, 1.54) is 7.11 Å². The number of aliphatic hydroxyl groups excluding tert-OH is 1. The number of methoxy groups -OCH3 is 1. The number of carbonyl (C=O) groups excluding carboxylic acids is 4. The van der Waals surface area contributed by atoms with Gasteiger partial charge in [-0.1, -0.05) is 30.3 Å².